The lowest BCUT2D eigenvalue weighted by Crippen LogP contribution is -2.30. The predicted octanol–water partition coefficient (Wildman–Crippen LogP) is 1.72. The summed E-state index contributed by atoms with van der Waals surface area (Å²) in [6, 6.07) is 6.38. The van der Waals surface area contributed by atoms with Crippen molar-refractivity contribution < 1.29 is 22.7 Å². The van der Waals surface area contributed by atoms with E-state index in [4.69, 9.17) is 4.74 Å². The molecule has 2 aromatic heterocycles. The Morgan fingerprint density at radius 1 is 1.06 bits per heavy atom. The molecule has 1 N–H and O–H groups in total. The molecule has 0 radical (unpaired) electrons. The average molecular weight is 461 g/mol. The van der Waals surface area contributed by atoms with E-state index in [1.165, 1.54) is 48.0 Å². The zero-order valence-electron chi connectivity index (χ0n) is 18.4. The van der Waals surface area contributed by atoms with Crippen molar-refractivity contribution in [3.05, 3.63) is 53.3 Å². The number of nitrogens with one attached hydrogen (secondary N) is 1. The summed E-state index contributed by atoms with van der Waals surface area (Å²) in [7, 11) is 0.470. The van der Waals surface area contributed by atoms with Crippen LogP contribution >= 0.6 is 0 Å². The third-order valence-corrected chi connectivity index (χ3v) is 6.56. The molecule has 170 valence electrons. The Hall–Kier alpha value is -3.67. The van der Waals surface area contributed by atoms with Crippen LogP contribution in [0.25, 0.3) is 0 Å². The number of hydrogen-bond acceptors (Lipinski definition) is 7. The first-order chi connectivity index (χ1) is 15.1. The van der Waals surface area contributed by atoms with E-state index >= 15 is 0 Å². The van der Waals surface area contributed by atoms with Gasteiger partial charge in [0.2, 0.25) is 0 Å². The first-order valence-electron chi connectivity index (χ1n) is 9.66. The summed E-state index contributed by atoms with van der Waals surface area (Å²) in [6.07, 6.45) is 2.54. The van der Waals surface area contributed by atoms with Crippen molar-refractivity contribution in [1.29, 1.82) is 0 Å². The van der Waals surface area contributed by atoms with Crippen LogP contribution in [0.5, 0.6) is 0 Å². The van der Waals surface area contributed by atoms with Gasteiger partial charge < -0.3 is 10.1 Å². The Morgan fingerprint density at radius 2 is 1.66 bits per heavy atom. The number of carbonyl (C=O) groups excluding carboxylic acids is 2. The van der Waals surface area contributed by atoms with Gasteiger partial charge in [0.05, 0.1) is 23.9 Å². The smallest absolute Gasteiger partial charge is 0.343 e. The van der Waals surface area contributed by atoms with Crippen LogP contribution in [-0.4, -0.2) is 53.5 Å². The summed E-state index contributed by atoms with van der Waals surface area (Å²) in [5.41, 5.74) is 0.997. The van der Waals surface area contributed by atoms with Gasteiger partial charge in [-0.25, -0.2) is 13.2 Å². The van der Waals surface area contributed by atoms with E-state index < -0.39 is 21.9 Å². The molecule has 0 aliphatic rings. The Morgan fingerprint density at radius 3 is 2.28 bits per heavy atom. The number of amides is 1. The van der Waals surface area contributed by atoms with Gasteiger partial charge in [-0.15, -0.1) is 0 Å². The Bertz CT molecular complexity index is 1260. The summed E-state index contributed by atoms with van der Waals surface area (Å²) < 4.78 is 34.9. The number of benzene rings is 1. The zero-order valence-corrected chi connectivity index (χ0v) is 19.2. The molecule has 3 aromatic rings. The lowest BCUT2D eigenvalue weighted by Gasteiger charge is -2.21. The molecular formula is C20H24N6O5S. The molecule has 1 aromatic carbocycles. The standard InChI is InChI=1S/C20H24N6O5S/c1-6-31-20(28)15-11-21-24(3)17(15)23-18(27)16-12-22-25(4)19(16)26(5)32(29,30)14-9-7-13(2)8-10-14/h7-12H,6H2,1-5H3,(H,23,27). The van der Waals surface area contributed by atoms with Gasteiger partial charge in [0.15, 0.2) is 5.82 Å². The minimum absolute atomic E-state index is 0.00157. The Labute approximate surface area is 185 Å². The molecule has 0 bridgehead atoms. The monoisotopic (exact) mass is 460 g/mol. The highest BCUT2D eigenvalue weighted by Crippen LogP contribution is 2.27. The van der Waals surface area contributed by atoms with E-state index in [0.717, 1.165) is 9.87 Å². The highest BCUT2D eigenvalue weighted by molar-refractivity contribution is 7.92. The molecule has 0 fully saturated rings. The topological polar surface area (TPSA) is 128 Å². The molecule has 0 spiro atoms. The number of carbonyl (C=O) groups is 2. The van der Waals surface area contributed by atoms with Crippen LogP contribution in [0.4, 0.5) is 11.6 Å². The molecule has 0 unspecified atom stereocenters. The Kier molecular flexibility index (Phi) is 6.35. The number of aromatic nitrogens is 4. The summed E-state index contributed by atoms with van der Waals surface area (Å²) in [5.74, 6) is -1.12. The molecule has 32 heavy (non-hydrogen) atoms. The minimum Gasteiger partial charge on any atom is -0.462 e. The summed E-state index contributed by atoms with van der Waals surface area (Å²) >= 11 is 0. The second-order valence-corrected chi connectivity index (χ2v) is 8.97. The van der Waals surface area contributed by atoms with Crippen LogP contribution in [0, 0.1) is 6.92 Å². The van der Waals surface area contributed by atoms with E-state index in [9.17, 15) is 18.0 Å². The number of nitrogens with zero attached hydrogens (tertiary/aromatic N) is 5. The van der Waals surface area contributed by atoms with Crippen molar-refractivity contribution in [3.63, 3.8) is 0 Å². The summed E-state index contributed by atoms with van der Waals surface area (Å²) in [4.78, 5) is 25.3. The van der Waals surface area contributed by atoms with Gasteiger partial charge in [0.25, 0.3) is 15.9 Å². The second kappa shape index (κ2) is 8.83. The minimum atomic E-state index is -3.96. The fraction of sp³-hybridized carbons (Fsp3) is 0.300. The van der Waals surface area contributed by atoms with Gasteiger partial charge in [0.1, 0.15) is 16.9 Å². The van der Waals surface area contributed by atoms with E-state index in [2.05, 4.69) is 15.5 Å². The van der Waals surface area contributed by atoms with E-state index in [0.29, 0.717) is 0 Å². The molecule has 0 saturated heterocycles. The molecule has 1 amide bonds. The maximum Gasteiger partial charge on any atom is 0.343 e. The SMILES string of the molecule is CCOC(=O)c1cnn(C)c1NC(=O)c1cnn(C)c1N(C)S(=O)(=O)c1ccc(C)cc1. The zero-order chi connectivity index (χ0) is 23.6. The predicted molar refractivity (Wildman–Crippen MR) is 117 cm³/mol. The largest absolute Gasteiger partial charge is 0.462 e. The van der Waals surface area contributed by atoms with Crippen LogP contribution in [0.15, 0.2) is 41.6 Å². The molecule has 3 rings (SSSR count). The van der Waals surface area contributed by atoms with Crippen molar-refractivity contribution in [3.8, 4) is 0 Å². The molecule has 0 aliphatic carbocycles. The number of esters is 1. The number of sulfonamides is 1. The molecular weight excluding hydrogens is 436 g/mol. The van der Waals surface area contributed by atoms with Crippen LogP contribution < -0.4 is 9.62 Å². The van der Waals surface area contributed by atoms with Crippen molar-refractivity contribution in [2.75, 3.05) is 23.3 Å². The fourth-order valence-electron chi connectivity index (χ4n) is 3.07. The van der Waals surface area contributed by atoms with Gasteiger partial charge in [0, 0.05) is 21.1 Å². The molecule has 0 saturated carbocycles. The van der Waals surface area contributed by atoms with Crippen LogP contribution in [0.1, 0.15) is 33.2 Å². The third kappa shape index (κ3) is 4.21. The highest BCUT2D eigenvalue weighted by Gasteiger charge is 2.29. The number of ether oxygens (including phenoxy) is 1. The molecule has 0 atom stereocenters. The molecule has 11 nitrogen and oxygen atoms in total. The number of anilines is 2. The summed E-state index contributed by atoms with van der Waals surface area (Å²) in [6.45, 7) is 3.68. The maximum absolute atomic E-state index is 13.1. The first-order valence-corrected chi connectivity index (χ1v) is 11.1. The lowest BCUT2D eigenvalue weighted by atomic mass is 10.2. The van der Waals surface area contributed by atoms with E-state index in [-0.39, 0.29) is 34.3 Å². The van der Waals surface area contributed by atoms with Gasteiger partial charge in [-0.3, -0.25) is 18.5 Å². The number of hydrogen-bond donors (Lipinski definition) is 1. The van der Waals surface area contributed by atoms with Crippen LogP contribution in [0.3, 0.4) is 0 Å². The van der Waals surface area contributed by atoms with Crippen LogP contribution in [-0.2, 0) is 28.9 Å². The van der Waals surface area contributed by atoms with Crippen molar-refractivity contribution >= 4 is 33.5 Å². The lowest BCUT2D eigenvalue weighted by molar-refractivity contribution is 0.0527. The molecule has 2 heterocycles. The quantitative estimate of drug-likeness (QED) is 0.532. The molecule has 12 heteroatoms. The number of aryl methyl sites for hydroxylation is 3. The Balaban J connectivity index is 1.96. The van der Waals surface area contributed by atoms with Gasteiger partial charge in [-0.05, 0) is 26.0 Å². The summed E-state index contributed by atoms with van der Waals surface area (Å²) in [5, 5.41) is 10.7. The van der Waals surface area contributed by atoms with E-state index in [1.54, 1.807) is 26.1 Å². The second-order valence-electron chi connectivity index (χ2n) is 7.00. The maximum atomic E-state index is 13.1. The van der Waals surface area contributed by atoms with Gasteiger partial charge in [-0.2, -0.15) is 10.2 Å². The molecule has 0 aliphatic heterocycles. The van der Waals surface area contributed by atoms with Crippen molar-refractivity contribution in [2.24, 2.45) is 14.1 Å². The van der Waals surface area contributed by atoms with Gasteiger partial charge >= 0.3 is 5.97 Å². The first kappa shape index (κ1) is 23.0. The highest BCUT2D eigenvalue weighted by atomic mass is 32.2. The van der Waals surface area contributed by atoms with Crippen molar-refractivity contribution in [2.45, 2.75) is 18.7 Å². The van der Waals surface area contributed by atoms with Crippen LogP contribution in [0.2, 0.25) is 0 Å². The average Bonchev–Trinajstić information content (AvgIpc) is 3.30. The third-order valence-electron chi connectivity index (χ3n) is 4.80. The van der Waals surface area contributed by atoms with Crippen molar-refractivity contribution in [1.82, 2.24) is 19.6 Å². The van der Waals surface area contributed by atoms with E-state index in [1.807, 2.05) is 6.92 Å². The fourth-order valence-corrected chi connectivity index (χ4v) is 4.31. The normalized spacial score (nSPS) is 11.3. The number of rotatable bonds is 7. The van der Waals surface area contributed by atoms with Gasteiger partial charge in [-0.1, -0.05) is 17.7 Å².